The van der Waals surface area contributed by atoms with Gasteiger partial charge in [0.15, 0.2) is 0 Å². The van der Waals surface area contributed by atoms with E-state index in [-0.39, 0.29) is 0 Å². The Balaban J connectivity index is 1.99. The number of hydrogen-bond acceptors (Lipinski definition) is 0. The highest BCUT2D eigenvalue weighted by molar-refractivity contribution is 5.40. The summed E-state index contributed by atoms with van der Waals surface area (Å²) in [6, 6.07) is 22.3. The van der Waals surface area contributed by atoms with Crippen molar-refractivity contribution >= 4 is 0 Å². The Kier molecular flexibility index (Phi) is 3.89. The fourth-order valence-electron chi connectivity index (χ4n) is 4.82. The lowest BCUT2D eigenvalue weighted by molar-refractivity contribution is 0.00276. The van der Waals surface area contributed by atoms with Crippen LogP contribution in [0.4, 0.5) is 0 Å². The fourth-order valence-corrected chi connectivity index (χ4v) is 4.82. The van der Waals surface area contributed by atoms with Gasteiger partial charge in [0, 0.05) is 0 Å². The van der Waals surface area contributed by atoms with Crippen LogP contribution >= 0.6 is 0 Å². The molecule has 0 heteroatoms. The predicted octanol–water partition coefficient (Wildman–Crippen LogP) is 5.97. The minimum atomic E-state index is 0.302. The molecule has 0 heterocycles. The first-order valence-electron chi connectivity index (χ1n) is 8.58. The Morgan fingerprint density at radius 1 is 0.818 bits per heavy atom. The number of benzene rings is 2. The smallest absolute Gasteiger partial charge is 0.00301 e. The molecule has 0 nitrogen and oxygen atoms in total. The molecule has 0 N–H and O–H groups in total. The highest BCUT2D eigenvalue weighted by atomic mass is 14.6. The third-order valence-corrected chi connectivity index (χ3v) is 5.85. The van der Waals surface area contributed by atoms with Crippen LogP contribution in [0.1, 0.15) is 51.7 Å². The molecule has 0 spiro atoms. The molecule has 1 aliphatic carbocycles. The minimum Gasteiger partial charge on any atom is -0.0628 e. The van der Waals surface area contributed by atoms with Gasteiger partial charge in [-0.15, -0.1) is 0 Å². The highest BCUT2D eigenvalue weighted by Crippen LogP contribution is 2.62. The minimum absolute atomic E-state index is 0.302. The molecule has 116 valence electrons. The molecular weight excluding hydrogens is 264 g/mol. The summed E-state index contributed by atoms with van der Waals surface area (Å²) >= 11 is 0. The van der Waals surface area contributed by atoms with Crippen molar-refractivity contribution in [2.45, 2.75) is 51.4 Å². The Labute approximate surface area is 135 Å². The monoisotopic (exact) mass is 292 g/mol. The van der Waals surface area contributed by atoms with Gasteiger partial charge in [-0.2, -0.15) is 0 Å². The Bertz CT molecular complexity index is 562. The summed E-state index contributed by atoms with van der Waals surface area (Å²) in [6.07, 6.45) is 2.53. The maximum atomic E-state index is 2.47. The van der Waals surface area contributed by atoms with Crippen LogP contribution in [0.5, 0.6) is 0 Å². The van der Waals surface area contributed by atoms with E-state index in [1.807, 2.05) is 0 Å². The van der Waals surface area contributed by atoms with E-state index in [2.05, 4.69) is 88.4 Å². The zero-order valence-corrected chi connectivity index (χ0v) is 14.3. The summed E-state index contributed by atoms with van der Waals surface area (Å²) in [4.78, 5) is 0. The molecule has 0 unspecified atom stereocenters. The third-order valence-electron chi connectivity index (χ3n) is 5.85. The quantitative estimate of drug-likeness (QED) is 0.651. The standard InChI is InChI=1S/C22H28/c1-17(2)15-20-21(3,18-11-7-5-8-12-18)16-22(20,4)19-13-9-6-10-14-19/h5-14,17,20H,15-16H2,1-4H3/t21-,22-/m0/s1. The van der Waals surface area contributed by atoms with Gasteiger partial charge in [0.2, 0.25) is 0 Å². The Morgan fingerprint density at radius 2 is 1.23 bits per heavy atom. The zero-order valence-electron chi connectivity index (χ0n) is 14.3. The molecule has 0 bridgehead atoms. The van der Waals surface area contributed by atoms with E-state index in [1.54, 1.807) is 0 Å². The maximum absolute atomic E-state index is 2.47. The van der Waals surface area contributed by atoms with Crippen LogP contribution in [0.15, 0.2) is 60.7 Å². The SMILES string of the molecule is CC(C)CC1[C@](C)(c2ccccc2)C[C@@]1(C)c1ccccc1. The first kappa shape index (κ1) is 15.3. The van der Waals surface area contributed by atoms with Crippen molar-refractivity contribution in [3.05, 3.63) is 71.8 Å². The van der Waals surface area contributed by atoms with E-state index in [0.717, 1.165) is 5.92 Å². The van der Waals surface area contributed by atoms with Crippen LogP contribution in [0.25, 0.3) is 0 Å². The van der Waals surface area contributed by atoms with Crippen molar-refractivity contribution in [2.24, 2.45) is 11.8 Å². The van der Waals surface area contributed by atoms with Crippen LogP contribution in [-0.4, -0.2) is 0 Å². The maximum Gasteiger partial charge on any atom is -0.00301 e. The Morgan fingerprint density at radius 3 is 1.59 bits per heavy atom. The van der Waals surface area contributed by atoms with E-state index >= 15 is 0 Å². The van der Waals surface area contributed by atoms with Crippen molar-refractivity contribution < 1.29 is 0 Å². The molecule has 2 atom stereocenters. The van der Waals surface area contributed by atoms with Gasteiger partial charge in [0.05, 0.1) is 0 Å². The Hall–Kier alpha value is -1.56. The van der Waals surface area contributed by atoms with Gasteiger partial charge in [0.25, 0.3) is 0 Å². The molecular formula is C22H28. The average molecular weight is 292 g/mol. The van der Waals surface area contributed by atoms with Gasteiger partial charge in [-0.25, -0.2) is 0 Å². The van der Waals surface area contributed by atoms with E-state index in [4.69, 9.17) is 0 Å². The van der Waals surface area contributed by atoms with Crippen LogP contribution in [0.2, 0.25) is 0 Å². The number of hydrogen-bond donors (Lipinski definition) is 0. The summed E-state index contributed by atoms with van der Waals surface area (Å²) < 4.78 is 0. The summed E-state index contributed by atoms with van der Waals surface area (Å²) in [6.45, 7) is 9.66. The van der Waals surface area contributed by atoms with Crippen molar-refractivity contribution in [3.8, 4) is 0 Å². The van der Waals surface area contributed by atoms with Crippen molar-refractivity contribution in [1.82, 2.24) is 0 Å². The average Bonchev–Trinajstić information content (AvgIpc) is 2.54. The van der Waals surface area contributed by atoms with Gasteiger partial charge < -0.3 is 0 Å². The van der Waals surface area contributed by atoms with Crippen LogP contribution in [0.3, 0.4) is 0 Å². The molecule has 0 aromatic heterocycles. The first-order valence-corrected chi connectivity index (χ1v) is 8.58. The lowest BCUT2D eigenvalue weighted by Gasteiger charge is -2.62. The normalized spacial score (nSPS) is 28.6. The summed E-state index contributed by atoms with van der Waals surface area (Å²) in [5.41, 5.74) is 3.62. The molecule has 0 saturated heterocycles. The second-order valence-electron chi connectivity index (χ2n) is 7.93. The topological polar surface area (TPSA) is 0 Å². The number of rotatable bonds is 4. The summed E-state index contributed by atoms with van der Waals surface area (Å²) in [5.74, 6) is 1.43. The lowest BCUT2D eigenvalue weighted by atomic mass is 9.41. The van der Waals surface area contributed by atoms with Gasteiger partial charge in [-0.05, 0) is 46.6 Å². The second-order valence-corrected chi connectivity index (χ2v) is 7.93. The molecule has 22 heavy (non-hydrogen) atoms. The molecule has 0 amide bonds. The molecule has 2 aromatic carbocycles. The summed E-state index contributed by atoms with van der Waals surface area (Å²) in [5, 5.41) is 0. The predicted molar refractivity (Wildman–Crippen MR) is 95.2 cm³/mol. The molecule has 1 aliphatic rings. The van der Waals surface area contributed by atoms with Crippen LogP contribution < -0.4 is 0 Å². The van der Waals surface area contributed by atoms with Gasteiger partial charge in [-0.1, -0.05) is 88.4 Å². The van der Waals surface area contributed by atoms with E-state index in [9.17, 15) is 0 Å². The second kappa shape index (κ2) is 5.57. The molecule has 2 aromatic rings. The third kappa shape index (κ3) is 2.39. The van der Waals surface area contributed by atoms with Crippen molar-refractivity contribution in [1.29, 1.82) is 0 Å². The van der Waals surface area contributed by atoms with Crippen molar-refractivity contribution in [2.75, 3.05) is 0 Å². The van der Waals surface area contributed by atoms with Crippen molar-refractivity contribution in [3.63, 3.8) is 0 Å². The molecule has 3 rings (SSSR count). The largest absolute Gasteiger partial charge is 0.0628 e. The molecule has 1 saturated carbocycles. The molecule has 1 fully saturated rings. The first-order chi connectivity index (χ1) is 10.5. The van der Waals surface area contributed by atoms with Gasteiger partial charge in [0.1, 0.15) is 0 Å². The zero-order chi connectivity index (χ0) is 15.8. The van der Waals surface area contributed by atoms with E-state index < -0.39 is 0 Å². The molecule has 0 aliphatic heterocycles. The molecule has 0 radical (unpaired) electrons. The lowest BCUT2D eigenvalue weighted by Crippen LogP contribution is -2.59. The highest BCUT2D eigenvalue weighted by Gasteiger charge is 2.58. The van der Waals surface area contributed by atoms with E-state index in [0.29, 0.717) is 16.7 Å². The fraction of sp³-hybridized carbons (Fsp3) is 0.455. The van der Waals surface area contributed by atoms with E-state index in [1.165, 1.54) is 24.0 Å². The van der Waals surface area contributed by atoms with Gasteiger partial charge in [-0.3, -0.25) is 0 Å². The van der Waals surface area contributed by atoms with Gasteiger partial charge >= 0.3 is 0 Å². The summed E-state index contributed by atoms with van der Waals surface area (Å²) in [7, 11) is 0. The van der Waals surface area contributed by atoms with Crippen LogP contribution in [0, 0.1) is 11.8 Å². The van der Waals surface area contributed by atoms with Crippen LogP contribution in [-0.2, 0) is 10.8 Å².